The highest BCUT2D eigenvalue weighted by Gasteiger charge is 2.25. The maximum atomic E-state index is 13.8. The zero-order chi connectivity index (χ0) is 18.6. The Bertz CT molecular complexity index is 793. The van der Waals surface area contributed by atoms with E-state index in [1.807, 2.05) is 32.9 Å². The van der Waals surface area contributed by atoms with Crippen LogP contribution in [0.15, 0.2) is 46.9 Å². The first kappa shape index (κ1) is 19.1. The van der Waals surface area contributed by atoms with Gasteiger partial charge in [-0.05, 0) is 48.7 Å². The summed E-state index contributed by atoms with van der Waals surface area (Å²) in [6, 6.07) is 10.3. The molecule has 0 saturated carbocycles. The summed E-state index contributed by atoms with van der Waals surface area (Å²) in [5.41, 5.74) is 1.53. The molecule has 0 aliphatic heterocycles. The van der Waals surface area contributed by atoms with Crippen molar-refractivity contribution >= 4 is 33.4 Å². The van der Waals surface area contributed by atoms with Crippen molar-refractivity contribution < 1.29 is 14.0 Å². The number of amides is 2. The molecule has 2 aromatic carbocycles. The molecule has 0 aromatic heterocycles. The minimum atomic E-state index is -0.781. The van der Waals surface area contributed by atoms with E-state index in [0.29, 0.717) is 5.69 Å². The second-order valence-corrected chi connectivity index (χ2v) is 6.98. The van der Waals surface area contributed by atoms with Gasteiger partial charge in [0.05, 0.1) is 5.56 Å². The number of hydrogen-bond donors (Lipinski definition) is 2. The van der Waals surface area contributed by atoms with E-state index in [4.69, 9.17) is 0 Å². The third-order valence-electron chi connectivity index (χ3n) is 3.78. The third-order valence-corrected chi connectivity index (χ3v) is 4.67. The number of carbonyl (C=O) groups is 2. The average Bonchev–Trinajstić information content (AvgIpc) is 2.55. The first-order valence-corrected chi connectivity index (χ1v) is 8.71. The van der Waals surface area contributed by atoms with Crippen LogP contribution in [0.2, 0.25) is 0 Å². The van der Waals surface area contributed by atoms with Crippen LogP contribution in [0.3, 0.4) is 0 Å². The van der Waals surface area contributed by atoms with Crippen LogP contribution in [0.5, 0.6) is 0 Å². The smallest absolute Gasteiger partial charge is 0.254 e. The minimum absolute atomic E-state index is 0.0829. The standard InChI is InChI=1S/C19H20BrFN2O2/c1-11(2)17(23-18(24)14-6-4-5-7-16(14)21)19(25)22-13-8-9-15(20)12(3)10-13/h4-11,17H,1-3H3,(H,22,25)(H,23,24)/t17-/m0/s1. The predicted octanol–water partition coefficient (Wildman–Crippen LogP) is 4.29. The highest BCUT2D eigenvalue weighted by Crippen LogP contribution is 2.20. The molecule has 1 atom stereocenters. The summed E-state index contributed by atoms with van der Waals surface area (Å²) in [6.07, 6.45) is 0. The molecule has 0 spiro atoms. The molecule has 0 aliphatic rings. The van der Waals surface area contributed by atoms with Crippen LogP contribution in [-0.4, -0.2) is 17.9 Å². The Morgan fingerprint density at radius 1 is 1.12 bits per heavy atom. The fourth-order valence-corrected chi connectivity index (χ4v) is 2.59. The monoisotopic (exact) mass is 406 g/mol. The number of rotatable bonds is 5. The second kappa shape index (κ2) is 8.25. The summed E-state index contributed by atoms with van der Waals surface area (Å²) < 4.78 is 14.7. The van der Waals surface area contributed by atoms with Crippen LogP contribution in [0.25, 0.3) is 0 Å². The molecule has 4 nitrogen and oxygen atoms in total. The molecule has 2 rings (SSSR count). The molecule has 132 valence electrons. The topological polar surface area (TPSA) is 58.2 Å². The van der Waals surface area contributed by atoms with E-state index < -0.39 is 17.8 Å². The van der Waals surface area contributed by atoms with Gasteiger partial charge >= 0.3 is 0 Å². The third kappa shape index (κ3) is 4.89. The lowest BCUT2D eigenvalue weighted by Gasteiger charge is -2.22. The molecule has 0 unspecified atom stereocenters. The number of anilines is 1. The molecule has 2 N–H and O–H groups in total. The van der Waals surface area contributed by atoms with Gasteiger partial charge in [0.25, 0.3) is 5.91 Å². The van der Waals surface area contributed by atoms with E-state index in [2.05, 4.69) is 26.6 Å². The van der Waals surface area contributed by atoms with Crippen LogP contribution in [0.1, 0.15) is 29.8 Å². The summed E-state index contributed by atoms with van der Waals surface area (Å²) in [6.45, 7) is 5.55. The van der Waals surface area contributed by atoms with E-state index in [0.717, 1.165) is 10.0 Å². The average molecular weight is 407 g/mol. The van der Waals surface area contributed by atoms with E-state index in [1.165, 1.54) is 18.2 Å². The molecule has 2 amide bonds. The maximum absolute atomic E-state index is 13.8. The van der Waals surface area contributed by atoms with Crippen molar-refractivity contribution in [2.75, 3.05) is 5.32 Å². The van der Waals surface area contributed by atoms with Crippen molar-refractivity contribution in [1.82, 2.24) is 5.32 Å². The summed E-state index contributed by atoms with van der Waals surface area (Å²) in [4.78, 5) is 24.9. The lowest BCUT2D eigenvalue weighted by atomic mass is 10.0. The summed E-state index contributed by atoms with van der Waals surface area (Å²) in [5.74, 6) is -1.74. The zero-order valence-corrected chi connectivity index (χ0v) is 15.9. The first-order chi connectivity index (χ1) is 11.8. The Kier molecular flexibility index (Phi) is 6.31. The van der Waals surface area contributed by atoms with Gasteiger partial charge in [0.15, 0.2) is 0 Å². The van der Waals surface area contributed by atoms with Crippen molar-refractivity contribution in [1.29, 1.82) is 0 Å². The molecule has 6 heteroatoms. The van der Waals surface area contributed by atoms with Gasteiger partial charge in [-0.15, -0.1) is 0 Å². The molecule has 0 heterocycles. The molecule has 0 bridgehead atoms. The molecule has 0 aliphatic carbocycles. The summed E-state index contributed by atoms with van der Waals surface area (Å²) in [5, 5.41) is 5.41. The Morgan fingerprint density at radius 2 is 1.80 bits per heavy atom. The van der Waals surface area contributed by atoms with Gasteiger partial charge < -0.3 is 10.6 Å². The van der Waals surface area contributed by atoms with Gasteiger partial charge in [-0.2, -0.15) is 0 Å². The number of carbonyl (C=O) groups excluding carboxylic acids is 2. The van der Waals surface area contributed by atoms with E-state index >= 15 is 0 Å². The number of nitrogens with one attached hydrogen (secondary N) is 2. The van der Waals surface area contributed by atoms with Crippen LogP contribution in [0.4, 0.5) is 10.1 Å². The Labute approximate surface area is 154 Å². The van der Waals surface area contributed by atoms with Gasteiger partial charge in [0.1, 0.15) is 11.9 Å². The van der Waals surface area contributed by atoms with E-state index in [1.54, 1.807) is 12.1 Å². The molecule has 0 fully saturated rings. The highest BCUT2D eigenvalue weighted by molar-refractivity contribution is 9.10. The van der Waals surface area contributed by atoms with Crippen molar-refractivity contribution in [2.24, 2.45) is 5.92 Å². The Morgan fingerprint density at radius 3 is 2.40 bits per heavy atom. The van der Waals surface area contributed by atoms with Crippen LogP contribution >= 0.6 is 15.9 Å². The van der Waals surface area contributed by atoms with Gasteiger partial charge in [0.2, 0.25) is 5.91 Å². The Balaban J connectivity index is 2.14. The quantitative estimate of drug-likeness (QED) is 0.777. The summed E-state index contributed by atoms with van der Waals surface area (Å²) >= 11 is 3.41. The SMILES string of the molecule is Cc1cc(NC(=O)[C@@H](NC(=O)c2ccccc2F)C(C)C)ccc1Br. The number of aryl methyl sites for hydroxylation is 1. The Hall–Kier alpha value is -2.21. The van der Waals surface area contributed by atoms with Crippen molar-refractivity contribution in [2.45, 2.75) is 26.8 Å². The normalized spacial score (nSPS) is 11.9. The fraction of sp³-hybridized carbons (Fsp3) is 0.263. The molecule has 25 heavy (non-hydrogen) atoms. The van der Waals surface area contributed by atoms with Gasteiger partial charge in [-0.1, -0.05) is 41.9 Å². The maximum Gasteiger partial charge on any atom is 0.254 e. The number of hydrogen-bond acceptors (Lipinski definition) is 2. The summed E-state index contributed by atoms with van der Waals surface area (Å²) in [7, 11) is 0. The molecular weight excluding hydrogens is 387 g/mol. The van der Waals surface area contributed by atoms with Crippen molar-refractivity contribution in [3.05, 3.63) is 63.9 Å². The molecule has 0 saturated heterocycles. The molecule has 2 aromatic rings. The lowest BCUT2D eigenvalue weighted by molar-refractivity contribution is -0.118. The van der Waals surface area contributed by atoms with Crippen molar-refractivity contribution in [3.63, 3.8) is 0 Å². The second-order valence-electron chi connectivity index (χ2n) is 6.13. The largest absolute Gasteiger partial charge is 0.340 e. The minimum Gasteiger partial charge on any atom is -0.340 e. The van der Waals surface area contributed by atoms with Crippen LogP contribution in [-0.2, 0) is 4.79 Å². The van der Waals surface area contributed by atoms with Crippen LogP contribution in [0, 0.1) is 18.7 Å². The zero-order valence-electron chi connectivity index (χ0n) is 14.3. The lowest BCUT2D eigenvalue weighted by Crippen LogP contribution is -2.47. The molecule has 0 radical (unpaired) electrons. The van der Waals surface area contributed by atoms with E-state index in [-0.39, 0.29) is 17.4 Å². The number of benzene rings is 2. The molecular formula is C19H20BrFN2O2. The number of halogens is 2. The fourth-order valence-electron chi connectivity index (χ4n) is 2.34. The van der Waals surface area contributed by atoms with Crippen LogP contribution < -0.4 is 10.6 Å². The van der Waals surface area contributed by atoms with Gasteiger partial charge in [-0.25, -0.2) is 4.39 Å². The highest BCUT2D eigenvalue weighted by atomic mass is 79.9. The van der Waals surface area contributed by atoms with Gasteiger partial charge in [0, 0.05) is 10.2 Å². The van der Waals surface area contributed by atoms with Crippen molar-refractivity contribution in [3.8, 4) is 0 Å². The van der Waals surface area contributed by atoms with E-state index in [9.17, 15) is 14.0 Å². The first-order valence-electron chi connectivity index (χ1n) is 7.92. The van der Waals surface area contributed by atoms with Gasteiger partial charge in [-0.3, -0.25) is 9.59 Å². The predicted molar refractivity (Wildman–Crippen MR) is 100 cm³/mol.